The Morgan fingerprint density at radius 3 is 1.34 bits per heavy atom. The first-order valence-corrected chi connectivity index (χ1v) is 35.1. The molecule has 0 aliphatic rings. The first-order chi connectivity index (χ1) is 16.6. The number of carbonyl (C=O) groups excluding carboxylic acids is 1. The monoisotopic (exact) mass is 656 g/mol. The highest BCUT2D eigenvalue weighted by atomic mass is 28.5. The summed E-state index contributed by atoms with van der Waals surface area (Å²) in [4.78, 5) is 11.6. The Balaban J connectivity index is 4.96. The van der Waals surface area contributed by atoms with Crippen molar-refractivity contribution in [1.29, 1.82) is 0 Å². The first-order valence-electron chi connectivity index (χ1n) is 13.9. The molecule has 14 heteroatoms. The quantitative estimate of drug-likeness (QED) is 0.0638. The smallest absolute Gasteiger partial charge is 0.333 e. The summed E-state index contributed by atoms with van der Waals surface area (Å²) >= 11 is 0. The molecule has 0 aromatic heterocycles. The van der Waals surface area contributed by atoms with Crippen LogP contribution in [0.1, 0.15) is 13.3 Å². The van der Waals surface area contributed by atoms with Gasteiger partial charge in [-0.05, 0) is 130 Å². The lowest BCUT2D eigenvalue weighted by Gasteiger charge is -2.42. The van der Waals surface area contributed by atoms with Crippen molar-refractivity contribution < 1.29 is 30.1 Å². The van der Waals surface area contributed by atoms with E-state index in [1.165, 1.54) is 0 Å². The van der Waals surface area contributed by atoms with Crippen LogP contribution in [0, 0.1) is 0 Å². The standard InChI is InChI=1S/C24H60O7Si7/c1-23(2)24(25)26-19-18-20-33(6,7)28-34(8,9)21-22-35(10,11)29-37(14,15)31-38(16,17)30-36(12,13)27-32(3,4)5/h1,18-22H2,2-17H3. The summed E-state index contributed by atoms with van der Waals surface area (Å²) in [6.07, 6.45) is 0.827. The zero-order valence-electron chi connectivity index (χ0n) is 27.6. The fraction of sp³-hybridized carbons (Fsp3) is 0.875. The predicted molar refractivity (Wildman–Crippen MR) is 178 cm³/mol. The fourth-order valence-corrected chi connectivity index (χ4v) is 40.3. The van der Waals surface area contributed by atoms with Crippen LogP contribution in [0.3, 0.4) is 0 Å². The summed E-state index contributed by atoms with van der Waals surface area (Å²) in [7, 11) is -14.5. The van der Waals surface area contributed by atoms with Gasteiger partial charge in [0.15, 0.2) is 33.3 Å². The Labute approximate surface area is 242 Å². The van der Waals surface area contributed by atoms with Crippen molar-refractivity contribution >= 4 is 64.9 Å². The molecule has 0 saturated carbocycles. The summed E-state index contributed by atoms with van der Waals surface area (Å²) in [6, 6.07) is 3.09. The molecule has 0 unspecified atom stereocenters. The summed E-state index contributed by atoms with van der Waals surface area (Å²) < 4.78 is 38.6. The van der Waals surface area contributed by atoms with E-state index in [-0.39, 0.29) is 5.97 Å². The van der Waals surface area contributed by atoms with Gasteiger partial charge >= 0.3 is 31.7 Å². The highest BCUT2D eigenvalue weighted by Gasteiger charge is 2.45. The number of hydrogen-bond donors (Lipinski definition) is 0. The minimum atomic E-state index is -2.42. The molecule has 0 radical (unpaired) electrons. The van der Waals surface area contributed by atoms with Crippen LogP contribution in [0.5, 0.6) is 0 Å². The SMILES string of the molecule is C=C(C)C(=O)OCCC[Si](C)(C)O[Si](C)(C)CC[Si](C)(C)O[Si](C)(C)O[Si](C)(C)O[Si](C)(C)O[Si](C)(C)C. The fourth-order valence-electron chi connectivity index (χ4n) is 4.94. The van der Waals surface area contributed by atoms with Gasteiger partial charge in [-0.15, -0.1) is 0 Å². The molecule has 0 saturated heterocycles. The zero-order chi connectivity index (χ0) is 30.4. The third-order valence-electron chi connectivity index (χ3n) is 5.44. The first kappa shape index (κ1) is 38.5. The molecule has 0 spiro atoms. The van der Waals surface area contributed by atoms with Gasteiger partial charge in [-0.25, -0.2) is 4.79 Å². The molecule has 0 fully saturated rings. The maximum absolute atomic E-state index is 11.6. The molecule has 0 aromatic rings. The Kier molecular flexibility index (Phi) is 14.3. The number of hydrogen-bond acceptors (Lipinski definition) is 7. The lowest BCUT2D eigenvalue weighted by atomic mass is 10.4. The van der Waals surface area contributed by atoms with Crippen molar-refractivity contribution in [2.75, 3.05) is 6.61 Å². The van der Waals surface area contributed by atoms with Crippen LogP contribution >= 0.6 is 0 Å². The van der Waals surface area contributed by atoms with Crippen molar-refractivity contribution in [2.45, 2.75) is 130 Å². The van der Waals surface area contributed by atoms with Crippen molar-refractivity contribution in [1.82, 2.24) is 0 Å². The third kappa shape index (κ3) is 18.8. The minimum absolute atomic E-state index is 0.314. The highest BCUT2D eigenvalue weighted by Crippen LogP contribution is 2.31. The number of esters is 1. The average molecular weight is 657 g/mol. The Morgan fingerprint density at radius 1 is 0.553 bits per heavy atom. The molecule has 0 heterocycles. The van der Waals surface area contributed by atoms with Gasteiger partial charge in [0, 0.05) is 5.57 Å². The molecule has 0 N–H and O–H groups in total. The molecule has 7 nitrogen and oxygen atoms in total. The van der Waals surface area contributed by atoms with Gasteiger partial charge in [-0.3, -0.25) is 0 Å². The van der Waals surface area contributed by atoms with Crippen LogP contribution < -0.4 is 0 Å². The van der Waals surface area contributed by atoms with Gasteiger partial charge in [0.2, 0.25) is 0 Å². The molecule has 226 valence electrons. The van der Waals surface area contributed by atoms with E-state index in [1.807, 2.05) is 0 Å². The lowest BCUT2D eigenvalue weighted by Crippen LogP contribution is -2.58. The van der Waals surface area contributed by atoms with Crippen LogP contribution in [0.2, 0.25) is 116 Å². The molecule has 0 aliphatic carbocycles. The largest absolute Gasteiger partial charge is 0.462 e. The molecule has 0 atom stereocenters. The van der Waals surface area contributed by atoms with Crippen LogP contribution in [-0.2, 0) is 30.1 Å². The van der Waals surface area contributed by atoms with Crippen molar-refractivity contribution in [3.05, 3.63) is 12.2 Å². The number of carbonyl (C=O) groups is 1. The summed E-state index contributed by atoms with van der Waals surface area (Å²) in [5, 5.41) is 0. The lowest BCUT2D eigenvalue weighted by molar-refractivity contribution is -0.138. The van der Waals surface area contributed by atoms with Gasteiger partial charge in [-0.2, -0.15) is 0 Å². The molecule has 0 rings (SSSR count). The van der Waals surface area contributed by atoms with Gasteiger partial charge < -0.3 is 25.3 Å². The van der Waals surface area contributed by atoms with E-state index in [4.69, 9.17) is 25.3 Å². The van der Waals surface area contributed by atoms with Crippen molar-refractivity contribution in [3.63, 3.8) is 0 Å². The second-order valence-corrected chi connectivity index (χ2v) is 43.4. The van der Waals surface area contributed by atoms with Crippen LogP contribution in [0.15, 0.2) is 12.2 Å². The molecular formula is C24H60O7Si7. The van der Waals surface area contributed by atoms with Gasteiger partial charge in [0.1, 0.15) is 0 Å². The molecule has 0 aliphatic heterocycles. The molecule has 38 heavy (non-hydrogen) atoms. The molecule has 0 amide bonds. The van der Waals surface area contributed by atoms with Gasteiger partial charge in [0.05, 0.1) is 6.61 Å². The Hall–Kier alpha value is 0.528. The van der Waals surface area contributed by atoms with Crippen molar-refractivity contribution in [3.8, 4) is 0 Å². The van der Waals surface area contributed by atoms with Crippen molar-refractivity contribution in [2.24, 2.45) is 0 Å². The van der Waals surface area contributed by atoms with E-state index in [0.29, 0.717) is 12.2 Å². The summed E-state index contributed by atoms with van der Waals surface area (Å²) in [5.41, 5.74) is 0.442. The van der Waals surface area contributed by atoms with E-state index in [1.54, 1.807) is 6.92 Å². The summed E-state index contributed by atoms with van der Waals surface area (Å²) in [6.45, 7) is 39.0. The highest BCUT2D eigenvalue weighted by molar-refractivity contribution is 6.91. The third-order valence-corrected chi connectivity index (χ3v) is 31.3. The topological polar surface area (TPSA) is 72.5 Å². The maximum atomic E-state index is 11.6. The van der Waals surface area contributed by atoms with E-state index in [2.05, 4.69) is 105 Å². The molecule has 0 aromatic carbocycles. The van der Waals surface area contributed by atoms with Crippen LogP contribution in [0.4, 0.5) is 0 Å². The Morgan fingerprint density at radius 2 is 0.921 bits per heavy atom. The maximum Gasteiger partial charge on any atom is 0.333 e. The Bertz CT molecular complexity index is 791. The molecule has 0 bridgehead atoms. The molecular weight excluding hydrogens is 597 g/mol. The second kappa shape index (κ2) is 14.1. The number of rotatable bonds is 18. The van der Waals surface area contributed by atoms with Crippen LogP contribution in [-0.4, -0.2) is 71.5 Å². The average Bonchev–Trinajstić information content (AvgIpc) is 2.57. The minimum Gasteiger partial charge on any atom is -0.462 e. The van der Waals surface area contributed by atoms with E-state index >= 15 is 0 Å². The van der Waals surface area contributed by atoms with Crippen LogP contribution in [0.25, 0.3) is 0 Å². The van der Waals surface area contributed by atoms with Gasteiger partial charge in [-0.1, -0.05) is 6.58 Å². The van der Waals surface area contributed by atoms with E-state index < -0.39 is 59.0 Å². The number of ether oxygens (including phenoxy) is 1. The predicted octanol–water partition coefficient (Wildman–Crippen LogP) is 8.13. The normalized spacial score (nSPS) is 14.5. The zero-order valence-corrected chi connectivity index (χ0v) is 34.6. The van der Waals surface area contributed by atoms with E-state index in [9.17, 15) is 4.79 Å². The van der Waals surface area contributed by atoms with Gasteiger partial charge in [0.25, 0.3) is 0 Å². The van der Waals surface area contributed by atoms with E-state index in [0.717, 1.165) is 24.6 Å². The summed E-state index contributed by atoms with van der Waals surface area (Å²) in [5.74, 6) is -0.314. The second-order valence-electron chi connectivity index (χ2n) is 14.6.